The Labute approximate surface area is 133 Å². The van der Waals surface area contributed by atoms with Crippen LogP contribution in [0.4, 0.5) is 4.79 Å². The van der Waals surface area contributed by atoms with Crippen molar-refractivity contribution >= 4 is 6.03 Å². The minimum absolute atomic E-state index is 0.0987. The van der Waals surface area contributed by atoms with E-state index in [9.17, 15) is 4.79 Å². The Bertz CT molecular complexity index is 476. The second-order valence-electron chi connectivity index (χ2n) is 6.26. The lowest BCUT2D eigenvalue weighted by atomic mass is 10.0. The van der Waals surface area contributed by atoms with Crippen LogP contribution in [0.2, 0.25) is 0 Å². The fourth-order valence-corrected chi connectivity index (χ4v) is 2.62. The maximum absolute atomic E-state index is 11.8. The lowest BCUT2D eigenvalue weighted by Gasteiger charge is -2.32. The normalized spacial score (nSPS) is 17.0. The van der Waals surface area contributed by atoms with E-state index in [1.54, 1.807) is 6.20 Å². The van der Waals surface area contributed by atoms with Gasteiger partial charge in [0.15, 0.2) is 0 Å². The monoisotopic (exact) mass is 301 g/mol. The summed E-state index contributed by atoms with van der Waals surface area (Å²) in [6.07, 6.45) is 5.72. The fourth-order valence-electron chi connectivity index (χ4n) is 2.62. The topological polar surface area (TPSA) is 44.4 Å². The van der Waals surface area contributed by atoms with E-state index in [0.717, 1.165) is 32.5 Å². The van der Waals surface area contributed by atoms with E-state index in [-0.39, 0.29) is 12.1 Å². The molecule has 1 heterocycles. The molecule has 2 amide bonds. The molecule has 1 saturated heterocycles. The summed E-state index contributed by atoms with van der Waals surface area (Å²) in [6, 6.07) is 10.7. The predicted octanol–water partition coefficient (Wildman–Crippen LogP) is 3.12. The van der Waals surface area contributed by atoms with Crippen LogP contribution in [-0.4, -0.2) is 30.1 Å². The first kappa shape index (κ1) is 16.6. The van der Waals surface area contributed by atoms with Gasteiger partial charge in [-0.15, -0.1) is 0 Å². The molecule has 0 unspecified atom stereocenters. The molecule has 2 rings (SSSR count). The Morgan fingerprint density at radius 3 is 2.59 bits per heavy atom. The largest absolute Gasteiger partial charge is 0.335 e. The molecule has 1 aliphatic heterocycles. The minimum atomic E-state index is -0.0987. The zero-order chi connectivity index (χ0) is 15.8. The summed E-state index contributed by atoms with van der Waals surface area (Å²) in [5, 5.41) is 5.82. The van der Waals surface area contributed by atoms with Gasteiger partial charge in [-0.1, -0.05) is 50.3 Å². The third-order valence-electron chi connectivity index (χ3n) is 3.87. The van der Waals surface area contributed by atoms with Crippen molar-refractivity contribution in [3.05, 3.63) is 48.2 Å². The van der Waals surface area contributed by atoms with Gasteiger partial charge in [0.05, 0.1) is 0 Å². The van der Waals surface area contributed by atoms with Crippen molar-refractivity contribution in [3.63, 3.8) is 0 Å². The molecule has 0 saturated carbocycles. The Morgan fingerprint density at radius 1 is 1.27 bits per heavy atom. The van der Waals surface area contributed by atoms with Gasteiger partial charge < -0.3 is 10.6 Å². The summed E-state index contributed by atoms with van der Waals surface area (Å²) < 4.78 is 0. The zero-order valence-electron chi connectivity index (χ0n) is 13.6. The van der Waals surface area contributed by atoms with Crippen molar-refractivity contribution in [1.29, 1.82) is 0 Å². The molecule has 2 N–H and O–H groups in total. The summed E-state index contributed by atoms with van der Waals surface area (Å²) in [5.74, 6) is 0.446. The number of allylic oxidation sites excluding steroid dienone is 1. The number of nitrogens with one attached hydrogen (secondary N) is 2. The van der Waals surface area contributed by atoms with Crippen LogP contribution in [0.5, 0.6) is 0 Å². The maximum Gasteiger partial charge on any atom is 0.318 e. The highest BCUT2D eigenvalue weighted by Crippen LogP contribution is 2.13. The molecule has 0 aliphatic carbocycles. The molecule has 1 fully saturated rings. The highest BCUT2D eigenvalue weighted by Gasteiger charge is 2.20. The molecule has 4 nitrogen and oxygen atoms in total. The summed E-state index contributed by atoms with van der Waals surface area (Å²) >= 11 is 0. The Hall–Kier alpha value is -1.81. The molecular formula is C18H27N3O. The Kier molecular flexibility index (Phi) is 6.46. The van der Waals surface area contributed by atoms with Crippen LogP contribution in [0.15, 0.2) is 42.6 Å². The molecule has 22 heavy (non-hydrogen) atoms. The van der Waals surface area contributed by atoms with Gasteiger partial charge in [-0.25, -0.2) is 4.79 Å². The van der Waals surface area contributed by atoms with Gasteiger partial charge >= 0.3 is 6.03 Å². The second kappa shape index (κ2) is 8.59. The standard InChI is InChI=1S/C18H27N3O/c1-15(2)8-11-19-18(22)20-17-9-12-21(13-10-17)14-16-6-4-3-5-7-16/h3-8,11,15,17H,9-10,12-14H2,1-2H3,(H2,19,20,22)/b11-8+. The summed E-state index contributed by atoms with van der Waals surface area (Å²) in [5.41, 5.74) is 1.35. The number of carbonyl (C=O) groups excluding carboxylic acids is 1. The SMILES string of the molecule is CC(C)/C=C/NC(=O)NC1CCN(Cc2ccccc2)CC1. The average molecular weight is 301 g/mol. The van der Waals surface area contributed by atoms with Crippen LogP contribution >= 0.6 is 0 Å². The number of likely N-dealkylation sites (tertiary alicyclic amines) is 1. The maximum atomic E-state index is 11.8. The van der Waals surface area contributed by atoms with Crippen LogP contribution < -0.4 is 10.6 Å². The van der Waals surface area contributed by atoms with Crippen LogP contribution in [0.3, 0.4) is 0 Å². The number of nitrogens with zero attached hydrogens (tertiary/aromatic N) is 1. The molecule has 0 spiro atoms. The minimum Gasteiger partial charge on any atom is -0.335 e. The molecular weight excluding hydrogens is 274 g/mol. The third-order valence-corrected chi connectivity index (χ3v) is 3.87. The lowest BCUT2D eigenvalue weighted by molar-refractivity contribution is 0.187. The molecule has 0 bridgehead atoms. The molecule has 0 aromatic heterocycles. The number of urea groups is 1. The van der Waals surface area contributed by atoms with E-state index in [4.69, 9.17) is 0 Å². The number of benzene rings is 1. The number of amides is 2. The number of hydrogen-bond donors (Lipinski definition) is 2. The fraction of sp³-hybridized carbons (Fsp3) is 0.500. The van der Waals surface area contributed by atoms with E-state index in [0.29, 0.717) is 5.92 Å². The first-order valence-corrected chi connectivity index (χ1v) is 8.13. The van der Waals surface area contributed by atoms with Gasteiger partial charge in [-0.05, 0) is 24.3 Å². The zero-order valence-corrected chi connectivity index (χ0v) is 13.6. The van der Waals surface area contributed by atoms with Crippen LogP contribution in [0.25, 0.3) is 0 Å². The number of rotatable bonds is 5. The molecule has 4 heteroatoms. The van der Waals surface area contributed by atoms with Crippen molar-refractivity contribution in [2.24, 2.45) is 5.92 Å². The number of carbonyl (C=O) groups is 1. The summed E-state index contributed by atoms with van der Waals surface area (Å²) in [6.45, 7) is 7.22. The number of piperidine rings is 1. The Balaban J connectivity index is 1.67. The molecule has 0 atom stereocenters. The molecule has 0 radical (unpaired) electrons. The van der Waals surface area contributed by atoms with Crippen LogP contribution in [0.1, 0.15) is 32.3 Å². The molecule has 1 aliphatic rings. The van der Waals surface area contributed by atoms with Crippen molar-refractivity contribution in [2.45, 2.75) is 39.3 Å². The molecule has 1 aromatic carbocycles. The van der Waals surface area contributed by atoms with Gasteiger partial charge in [0.2, 0.25) is 0 Å². The first-order valence-electron chi connectivity index (χ1n) is 8.13. The van der Waals surface area contributed by atoms with E-state index >= 15 is 0 Å². The molecule has 1 aromatic rings. The smallest absolute Gasteiger partial charge is 0.318 e. The highest BCUT2D eigenvalue weighted by molar-refractivity contribution is 5.75. The van der Waals surface area contributed by atoms with Crippen molar-refractivity contribution in [2.75, 3.05) is 13.1 Å². The van der Waals surface area contributed by atoms with Gasteiger partial charge in [0.25, 0.3) is 0 Å². The van der Waals surface area contributed by atoms with E-state index < -0.39 is 0 Å². The van der Waals surface area contributed by atoms with E-state index in [1.165, 1.54) is 5.56 Å². The van der Waals surface area contributed by atoms with Crippen LogP contribution in [-0.2, 0) is 6.54 Å². The molecule has 120 valence electrons. The first-order chi connectivity index (χ1) is 10.6. The second-order valence-corrected chi connectivity index (χ2v) is 6.26. The summed E-state index contributed by atoms with van der Waals surface area (Å²) in [4.78, 5) is 14.2. The summed E-state index contributed by atoms with van der Waals surface area (Å²) in [7, 11) is 0. The van der Waals surface area contributed by atoms with Gasteiger partial charge in [-0.2, -0.15) is 0 Å². The average Bonchev–Trinajstić information content (AvgIpc) is 2.50. The van der Waals surface area contributed by atoms with E-state index in [2.05, 4.69) is 53.6 Å². The number of hydrogen-bond acceptors (Lipinski definition) is 2. The lowest BCUT2D eigenvalue weighted by Crippen LogP contribution is -2.46. The quantitative estimate of drug-likeness (QED) is 0.877. The van der Waals surface area contributed by atoms with Crippen molar-refractivity contribution < 1.29 is 4.79 Å². The highest BCUT2D eigenvalue weighted by atomic mass is 16.2. The van der Waals surface area contributed by atoms with Crippen molar-refractivity contribution in [1.82, 2.24) is 15.5 Å². The van der Waals surface area contributed by atoms with Crippen molar-refractivity contribution in [3.8, 4) is 0 Å². The Morgan fingerprint density at radius 2 is 1.95 bits per heavy atom. The van der Waals surface area contributed by atoms with Gasteiger partial charge in [0.1, 0.15) is 0 Å². The van der Waals surface area contributed by atoms with E-state index in [1.807, 2.05) is 12.1 Å². The predicted molar refractivity (Wildman–Crippen MR) is 90.4 cm³/mol. The van der Waals surface area contributed by atoms with Gasteiger partial charge in [-0.3, -0.25) is 4.90 Å². The van der Waals surface area contributed by atoms with Crippen LogP contribution in [0, 0.1) is 5.92 Å². The van der Waals surface area contributed by atoms with Gasteiger partial charge in [0, 0.05) is 31.9 Å². The third kappa shape index (κ3) is 5.90.